The van der Waals surface area contributed by atoms with Crippen LogP contribution < -0.4 is 10.1 Å². The molecule has 9 atom stereocenters. The molecule has 5 bridgehead atoms. The molecule has 0 saturated heterocycles. The molecule has 0 spiro atoms. The van der Waals surface area contributed by atoms with Gasteiger partial charge in [-0.15, -0.1) is 0 Å². The van der Waals surface area contributed by atoms with Crippen LogP contribution >= 0.6 is 0 Å². The lowest BCUT2D eigenvalue weighted by Gasteiger charge is -2.38. The number of phenolic OH excluding ortho intramolecular Hbond substituents is 1. The van der Waals surface area contributed by atoms with E-state index in [4.69, 9.17) is 28.6 Å². The van der Waals surface area contributed by atoms with Gasteiger partial charge in [-0.2, -0.15) is 0 Å². The van der Waals surface area contributed by atoms with Crippen molar-refractivity contribution in [3.05, 3.63) is 70.2 Å². The first-order valence-corrected chi connectivity index (χ1v) is 17.6. The monoisotopic (exact) mass is 753 g/mol. The average molecular weight is 754 g/mol. The van der Waals surface area contributed by atoms with Gasteiger partial charge in [0, 0.05) is 61.3 Å². The number of oxime groups is 2. The fourth-order valence-corrected chi connectivity index (χ4v) is 7.04. The Morgan fingerprint density at radius 2 is 1.59 bits per heavy atom. The van der Waals surface area contributed by atoms with Crippen LogP contribution in [0.3, 0.4) is 0 Å². The maximum atomic E-state index is 14.1. The Balaban J connectivity index is 1.93. The van der Waals surface area contributed by atoms with Gasteiger partial charge in [-0.1, -0.05) is 56.2 Å². The van der Waals surface area contributed by atoms with Crippen LogP contribution in [0.25, 0.3) is 0 Å². The zero-order chi connectivity index (χ0) is 40.2. The van der Waals surface area contributed by atoms with Gasteiger partial charge in [-0.25, -0.2) is 0 Å². The van der Waals surface area contributed by atoms with E-state index in [9.17, 15) is 29.7 Å². The summed E-state index contributed by atoms with van der Waals surface area (Å²) in [5.41, 5.74) is 0.534. The molecule has 15 heteroatoms. The predicted molar refractivity (Wildman–Crippen MR) is 198 cm³/mol. The fraction of sp³-hybridized carbons (Fsp3) is 0.513. The number of fused-ring (bicyclic) bond motifs is 14. The van der Waals surface area contributed by atoms with E-state index in [1.807, 2.05) is 0 Å². The second-order valence-electron chi connectivity index (χ2n) is 14.0. The standard InChI is InChI=1S/C39H51N3O12/c1-18-13-12-14-19(2)38(48)40-26-17-25(41-50-10)28-29(34(26)47)33(46)23(6)36-30(28)37(42-51-11)39(8,54-36)52-16-15-27(49-9)20(3)35(53-24(7)43)22(5)32(45)21(4)31(18)44/h12-18,20-22,27,31-32,35,44-46H,1-11H3,(H,40,48)/b13-12+,16-15+,19-14-,41-25+,42-37-/t18-,20+,21+,22+,27-,31-,32+,35+,39-/m0/s1. The molecule has 5 rings (SSSR count). The van der Waals surface area contributed by atoms with Crippen molar-refractivity contribution in [2.45, 2.75) is 85.6 Å². The summed E-state index contributed by atoms with van der Waals surface area (Å²) in [4.78, 5) is 50.1. The van der Waals surface area contributed by atoms with E-state index in [0.717, 1.165) is 0 Å². The molecule has 1 aliphatic carbocycles. The minimum atomic E-state index is -1.70. The maximum absolute atomic E-state index is 14.1. The lowest BCUT2D eigenvalue weighted by molar-refractivity contribution is -0.160. The number of ketones is 1. The van der Waals surface area contributed by atoms with Crippen molar-refractivity contribution in [3.8, 4) is 11.5 Å². The number of rotatable bonds is 4. The number of hydrogen-bond acceptors (Lipinski definition) is 14. The summed E-state index contributed by atoms with van der Waals surface area (Å²) in [5, 5.41) is 45.2. The Kier molecular flexibility index (Phi) is 13.1. The second kappa shape index (κ2) is 17.0. The van der Waals surface area contributed by atoms with Crippen LogP contribution in [0.4, 0.5) is 0 Å². The number of aromatic hydroxyl groups is 1. The third-order valence-electron chi connectivity index (χ3n) is 10.2. The quantitative estimate of drug-likeness (QED) is 0.255. The molecule has 0 saturated carbocycles. The number of carbonyl (C=O) groups is 3. The first-order valence-electron chi connectivity index (χ1n) is 17.6. The van der Waals surface area contributed by atoms with Crippen LogP contribution in [-0.2, 0) is 33.5 Å². The first-order chi connectivity index (χ1) is 25.4. The smallest absolute Gasteiger partial charge is 0.302 e. The number of nitrogens with one attached hydrogen (secondary N) is 1. The Hall–Kier alpha value is -4.99. The molecule has 0 fully saturated rings. The lowest BCUT2D eigenvalue weighted by Crippen LogP contribution is -2.46. The number of aliphatic hydroxyl groups excluding tert-OH is 2. The molecule has 3 aliphatic heterocycles. The van der Waals surface area contributed by atoms with Gasteiger partial charge in [0.2, 0.25) is 5.78 Å². The number of methoxy groups -OCH3 is 1. The van der Waals surface area contributed by atoms with Crippen LogP contribution in [0.15, 0.2) is 58.2 Å². The largest absolute Gasteiger partial charge is 0.507 e. The van der Waals surface area contributed by atoms with Gasteiger partial charge >= 0.3 is 5.97 Å². The second-order valence-corrected chi connectivity index (χ2v) is 14.0. The molecular formula is C39H51N3O12. The molecule has 54 heavy (non-hydrogen) atoms. The van der Waals surface area contributed by atoms with Crippen molar-refractivity contribution in [1.82, 2.24) is 5.32 Å². The number of hydrogen-bond donors (Lipinski definition) is 4. The minimum absolute atomic E-state index is 0.0650. The molecule has 294 valence electrons. The molecular weight excluding hydrogens is 702 g/mol. The van der Waals surface area contributed by atoms with Crippen molar-refractivity contribution in [2.24, 2.45) is 34.0 Å². The molecule has 0 aromatic heterocycles. The van der Waals surface area contributed by atoms with Gasteiger partial charge in [0.05, 0.1) is 41.4 Å². The highest BCUT2D eigenvalue weighted by Gasteiger charge is 2.50. The maximum Gasteiger partial charge on any atom is 0.302 e. The van der Waals surface area contributed by atoms with Crippen molar-refractivity contribution < 1.29 is 58.3 Å². The van der Waals surface area contributed by atoms with Crippen LogP contribution in [0, 0.1) is 30.6 Å². The Labute approximate surface area is 314 Å². The fourth-order valence-electron chi connectivity index (χ4n) is 7.04. The van der Waals surface area contributed by atoms with E-state index in [-0.39, 0.29) is 50.7 Å². The highest BCUT2D eigenvalue weighted by Crippen LogP contribution is 2.48. The highest BCUT2D eigenvalue weighted by molar-refractivity contribution is 6.32. The Morgan fingerprint density at radius 3 is 2.20 bits per heavy atom. The summed E-state index contributed by atoms with van der Waals surface area (Å²) in [6, 6.07) is 0. The highest BCUT2D eigenvalue weighted by atomic mass is 16.7. The first kappa shape index (κ1) is 41.8. The van der Waals surface area contributed by atoms with Gasteiger partial charge in [0.25, 0.3) is 11.7 Å². The van der Waals surface area contributed by atoms with Gasteiger partial charge in [-0.3, -0.25) is 14.4 Å². The molecule has 4 aliphatic rings. The number of Topliss-reactive ketones (excluding diaryl/α,β-unsaturated/α-hetero) is 1. The number of allylic oxidation sites excluding steroid dienone is 4. The number of amides is 1. The number of benzene rings is 1. The summed E-state index contributed by atoms with van der Waals surface area (Å²) in [7, 11) is 4.10. The van der Waals surface area contributed by atoms with Gasteiger partial charge in [0.1, 0.15) is 37.5 Å². The summed E-state index contributed by atoms with van der Waals surface area (Å²) in [6.45, 7) is 12.9. The van der Waals surface area contributed by atoms with Gasteiger partial charge in [0.15, 0.2) is 5.71 Å². The third kappa shape index (κ3) is 8.08. The van der Waals surface area contributed by atoms with E-state index in [0.29, 0.717) is 0 Å². The van der Waals surface area contributed by atoms with Crippen molar-refractivity contribution in [1.29, 1.82) is 0 Å². The van der Waals surface area contributed by atoms with Gasteiger partial charge < -0.3 is 49.3 Å². The van der Waals surface area contributed by atoms with E-state index in [2.05, 4.69) is 15.6 Å². The number of phenols is 1. The number of ether oxygens (including phenoxy) is 4. The van der Waals surface area contributed by atoms with Crippen LogP contribution in [0.1, 0.15) is 75.5 Å². The van der Waals surface area contributed by atoms with Crippen molar-refractivity contribution in [2.75, 3.05) is 21.3 Å². The number of nitrogens with zero attached hydrogens (tertiary/aromatic N) is 2. The van der Waals surface area contributed by atoms with Crippen LogP contribution in [0.5, 0.6) is 11.5 Å². The zero-order valence-corrected chi connectivity index (χ0v) is 32.5. The SMILES string of the molecule is CO/N=C1/c2c3c(C)c(O)c4c2/C(=N/OC)C=C(NC(=O)/C(C)=C\C=C\[C@H](C)[C@H](O)[C@@H](C)[C@@H](O)[C@@H](C)[C@H](OC(C)=O)[C@H](C)[C@@H](OC)/C=C/O[C@@]1(C)O3)C4=O. The molecule has 0 radical (unpaired) electrons. The topological polar surface area (TPSA) is 204 Å². The normalized spacial score (nSPS) is 34.2. The summed E-state index contributed by atoms with van der Waals surface area (Å²) < 4.78 is 24.1. The van der Waals surface area contributed by atoms with E-state index >= 15 is 0 Å². The number of aliphatic hydroxyl groups is 2. The molecule has 0 unspecified atom stereocenters. The van der Waals surface area contributed by atoms with Crippen LogP contribution in [0.2, 0.25) is 0 Å². The van der Waals surface area contributed by atoms with Crippen LogP contribution in [-0.4, -0.2) is 95.9 Å². The van der Waals surface area contributed by atoms with E-state index < -0.39 is 77.3 Å². The van der Waals surface area contributed by atoms with Crippen molar-refractivity contribution in [3.63, 3.8) is 0 Å². The molecule has 1 aromatic rings. The molecule has 15 nitrogen and oxygen atoms in total. The minimum Gasteiger partial charge on any atom is -0.507 e. The molecule has 1 aromatic carbocycles. The molecule has 1 amide bonds. The van der Waals surface area contributed by atoms with Gasteiger partial charge in [-0.05, 0) is 26.0 Å². The number of carbonyl (C=O) groups excluding carboxylic acids is 3. The van der Waals surface area contributed by atoms with Crippen molar-refractivity contribution >= 4 is 29.1 Å². The Bertz CT molecular complexity index is 1830. The summed E-state index contributed by atoms with van der Waals surface area (Å²) in [6.07, 6.45) is 5.32. The third-order valence-corrected chi connectivity index (χ3v) is 10.2. The predicted octanol–water partition coefficient (Wildman–Crippen LogP) is 3.97. The molecule has 4 N–H and O–H groups in total. The average Bonchev–Trinajstić information content (AvgIpc) is 3.42. The Morgan fingerprint density at radius 1 is 0.926 bits per heavy atom. The lowest BCUT2D eigenvalue weighted by atomic mass is 9.78. The summed E-state index contributed by atoms with van der Waals surface area (Å²) >= 11 is 0. The van der Waals surface area contributed by atoms with E-state index in [1.165, 1.54) is 46.7 Å². The van der Waals surface area contributed by atoms with E-state index in [1.54, 1.807) is 66.7 Å². The summed E-state index contributed by atoms with van der Waals surface area (Å²) in [5.74, 6) is -6.20. The number of esters is 1. The molecule has 3 heterocycles. The zero-order valence-electron chi connectivity index (χ0n) is 32.5.